The summed E-state index contributed by atoms with van der Waals surface area (Å²) in [5.41, 5.74) is 0.637. The number of aromatic nitrogens is 2. The van der Waals surface area contributed by atoms with Crippen molar-refractivity contribution in [3.05, 3.63) is 22.1 Å². The van der Waals surface area contributed by atoms with E-state index in [1.807, 2.05) is 12.3 Å². The van der Waals surface area contributed by atoms with Crippen molar-refractivity contribution in [2.24, 2.45) is 0 Å². The van der Waals surface area contributed by atoms with E-state index in [0.717, 1.165) is 14.9 Å². The first-order chi connectivity index (χ1) is 7.16. The first-order valence-electron chi connectivity index (χ1n) is 4.25. The van der Waals surface area contributed by atoms with Crippen LogP contribution in [0.4, 0.5) is 0 Å². The van der Waals surface area contributed by atoms with E-state index in [1.165, 1.54) is 22.7 Å². The van der Waals surface area contributed by atoms with Crippen LogP contribution in [0.3, 0.4) is 0 Å². The summed E-state index contributed by atoms with van der Waals surface area (Å²) in [5.74, 6) is -0.853. The zero-order valence-corrected chi connectivity index (χ0v) is 9.56. The lowest BCUT2D eigenvalue weighted by atomic mass is 10.3. The molecule has 0 saturated heterocycles. The van der Waals surface area contributed by atoms with Gasteiger partial charge in [0.05, 0.1) is 12.1 Å². The topological polar surface area (TPSA) is 63.1 Å². The van der Waals surface area contributed by atoms with Crippen LogP contribution in [0.1, 0.15) is 10.6 Å². The van der Waals surface area contributed by atoms with Crippen LogP contribution in [0.25, 0.3) is 10.0 Å². The molecule has 0 aliphatic carbocycles. The van der Waals surface area contributed by atoms with E-state index in [9.17, 15) is 4.79 Å². The van der Waals surface area contributed by atoms with Gasteiger partial charge in [0.15, 0.2) is 10.0 Å². The number of thiazole rings is 2. The Morgan fingerprint density at radius 3 is 2.93 bits per heavy atom. The number of hydrogen-bond donors (Lipinski definition) is 1. The minimum absolute atomic E-state index is 0.0201. The van der Waals surface area contributed by atoms with E-state index in [0.29, 0.717) is 5.69 Å². The minimum atomic E-state index is -0.853. The van der Waals surface area contributed by atoms with Crippen molar-refractivity contribution in [2.75, 3.05) is 0 Å². The molecule has 0 amide bonds. The van der Waals surface area contributed by atoms with Crippen LogP contribution in [0.2, 0.25) is 0 Å². The summed E-state index contributed by atoms with van der Waals surface area (Å²) >= 11 is 2.99. The molecule has 0 aliphatic rings. The predicted molar refractivity (Wildman–Crippen MR) is 59.3 cm³/mol. The smallest absolute Gasteiger partial charge is 0.309 e. The van der Waals surface area contributed by atoms with Crippen molar-refractivity contribution in [3.63, 3.8) is 0 Å². The van der Waals surface area contributed by atoms with Crippen molar-refractivity contribution in [1.82, 2.24) is 9.97 Å². The molecule has 0 spiro atoms. The van der Waals surface area contributed by atoms with Crippen LogP contribution >= 0.6 is 22.7 Å². The van der Waals surface area contributed by atoms with E-state index in [4.69, 9.17) is 5.11 Å². The third-order valence-corrected chi connectivity index (χ3v) is 3.76. The number of carboxylic acid groups (broad SMARTS) is 1. The quantitative estimate of drug-likeness (QED) is 0.893. The van der Waals surface area contributed by atoms with Gasteiger partial charge in [-0.2, -0.15) is 0 Å². The molecule has 2 aromatic rings. The second-order valence-corrected chi connectivity index (χ2v) is 5.03. The molecule has 2 rings (SSSR count). The Bertz CT molecular complexity index is 476. The fourth-order valence-corrected chi connectivity index (χ4v) is 2.77. The number of carbonyl (C=O) groups is 1. The zero-order valence-electron chi connectivity index (χ0n) is 7.93. The van der Waals surface area contributed by atoms with Gasteiger partial charge in [0, 0.05) is 16.5 Å². The van der Waals surface area contributed by atoms with E-state index in [1.54, 1.807) is 6.20 Å². The maximum absolute atomic E-state index is 10.6. The lowest BCUT2D eigenvalue weighted by Crippen LogP contribution is -2.01. The first kappa shape index (κ1) is 10.3. The van der Waals surface area contributed by atoms with Gasteiger partial charge in [-0.15, -0.1) is 22.7 Å². The molecule has 15 heavy (non-hydrogen) atoms. The highest BCUT2D eigenvalue weighted by Crippen LogP contribution is 2.28. The molecule has 2 heterocycles. The molecule has 0 atom stereocenters. The molecular formula is C9H8N2O2S2. The van der Waals surface area contributed by atoms with Gasteiger partial charge in [-0.05, 0) is 6.92 Å². The highest BCUT2D eigenvalue weighted by atomic mass is 32.1. The standard InChI is InChI=1S/C9H8N2O2S2/c1-5-6(4-7(12)13)11-9(15-5)8-10-2-3-14-8/h2-3H,4H2,1H3,(H,12,13). The van der Waals surface area contributed by atoms with Crippen molar-refractivity contribution in [3.8, 4) is 10.0 Å². The van der Waals surface area contributed by atoms with E-state index in [2.05, 4.69) is 9.97 Å². The Balaban J connectivity index is 2.33. The lowest BCUT2D eigenvalue weighted by molar-refractivity contribution is -0.136. The van der Waals surface area contributed by atoms with Crippen LogP contribution in [-0.2, 0) is 11.2 Å². The van der Waals surface area contributed by atoms with Gasteiger partial charge in [-0.1, -0.05) is 0 Å². The largest absolute Gasteiger partial charge is 0.481 e. The number of rotatable bonds is 3. The molecule has 4 nitrogen and oxygen atoms in total. The molecular weight excluding hydrogens is 232 g/mol. The third kappa shape index (κ3) is 2.21. The van der Waals surface area contributed by atoms with Crippen molar-refractivity contribution in [2.45, 2.75) is 13.3 Å². The number of aryl methyl sites for hydroxylation is 1. The van der Waals surface area contributed by atoms with Gasteiger partial charge in [-0.25, -0.2) is 9.97 Å². The highest BCUT2D eigenvalue weighted by Gasteiger charge is 2.13. The maximum atomic E-state index is 10.6. The van der Waals surface area contributed by atoms with Gasteiger partial charge in [-0.3, -0.25) is 4.79 Å². The Morgan fingerprint density at radius 1 is 1.53 bits per heavy atom. The molecule has 2 aromatic heterocycles. The number of aliphatic carboxylic acids is 1. The van der Waals surface area contributed by atoms with Gasteiger partial charge >= 0.3 is 5.97 Å². The summed E-state index contributed by atoms with van der Waals surface area (Å²) in [7, 11) is 0. The minimum Gasteiger partial charge on any atom is -0.481 e. The van der Waals surface area contributed by atoms with Crippen LogP contribution < -0.4 is 0 Å². The Kier molecular flexibility index (Phi) is 2.79. The summed E-state index contributed by atoms with van der Waals surface area (Å²) < 4.78 is 0. The molecule has 1 N–H and O–H groups in total. The fraction of sp³-hybridized carbons (Fsp3) is 0.222. The Labute approximate surface area is 94.3 Å². The number of nitrogens with zero attached hydrogens (tertiary/aromatic N) is 2. The first-order valence-corrected chi connectivity index (χ1v) is 5.94. The summed E-state index contributed by atoms with van der Waals surface area (Å²) in [6, 6.07) is 0. The SMILES string of the molecule is Cc1sc(-c2nccs2)nc1CC(=O)O. The van der Waals surface area contributed by atoms with Crippen molar-refractivity contribution < 1.29 is 9.90 Å². The summed E-state index contributed by atoms with van der Waals surface area (Å²) in [4.78, 5) is 19.9. The van der Waals surface area contributed by atoms with Gasteiger partial charge in [0.2, 0.25) is 0 Å². The zero-order chi connectivity index (χ0) is 10.8. The summed E-state index contributed by atoms with van der Waals surface area (Å²) in [5, 5.41) is 12.2. The van der Waals surface area contributed by atoms with E-state index in [-0.39, 0.29) is 6.42 Å². The summed E-state index contributed by atoms with van der Waals surface area (Å²) in [6.07, 6.45) is 1.70. The summed E-state index contributed by atoms with van der Waals surface area (Å²) in [6.45, 7) is 1.88. The lowest BCUT2D eigenvalue weighted by Gasteiger charge is -1.90. The van der Waals surface area contributed by atoms with Crippen molar-refractivity contribution >= 4 is 28.6 Å². The van der Waals surface area contributed by atoms with E-state index >= 15 is 0 Å². The Morgan fingerprint density at radius 2 is 2.33 bits per heavy atom. The van der Waals surface area contributed by atoms with E-state index < -0.39 is 5.97 Å². The highest BCUT2D eigenvalue weighted by molar-refractivity contribution is 7.20. The van der Waals surface area contributed by atoms with Gasteiger partial charge in [0.1, 0.15) is 0 Å². The predicted octanol–water partition coefficient (Wildman–Crippen LogP) is 2.20. The molecule has 0 aromatic carbocycles. The van der Waals surface area contributed by atoms with Crippen molar-refractivity contribution in [1.29, 1.82) is 0 Å². The Hall–Kier alpha value is -1.27. The molecule has 0 aliphatic heterocycles. The van der Waals surface area contributed by atoms with Crippen LogP contribution in [0, 0.1) is 6.92 Å². The number of carboxylic acids is 1. The van der Waals surface area contributed by atoms with Gasteiger partial charge < -0.3 is 5.11 Å². The van der Waals surface area contributed by atoms with Gasteiger partial charge in [0.25, 0.3) is 0 Å². The second kappa shape index (κ2) is 4.08. The number of hydrogen-bond acceptors (Lipinski definition) is 5. The molecule has 0 bridgehead atoms. The molecule has 0 unspecified atom stereocenters. The van der Waals surface area contributed by atoms with Crippen LogP contribution in [0.15, 0.2) is 11.6 Å². The molecule has 78 valence electrons. The molecule has 0 radical (unpaired) electrons. The average molecular weight is 240 g/mol. The molecule has 0 saturated carbocycles. The molecule has 6 heteroatoms. The third-order valence-electron chi connectivity index (χ3n) is 1.83. The van der Waals surface area contributed by atoms with Crippen LogP contribution in [-0.4, -0.2) is 21.0 Å². The average Bonchev–Trinajstić information content (AvgIpc) is 2.75. The second-order valence-electron chi connectivity index (χ2n) is 2.93. The monoisotopic (exact) mass is 240 g/mol. The fourth-order valence-electron chi connectivity index (χ4n) is 1.16. The maximum Gasteiger partial charge on any atom is 0.309 e. The normalized spacial score (nSPS) is 10.5. The molecule has 0 fully saturated rings. The van der Waals surface area contributed by atoms with Crippen LogP contribution in [0.5, 0.6) is 0 Å².